The van der Waals surface area contributed by atoms with E-state index in [9.17, 15) is 0 Å². The molecule has 5 aliphatic rings. The third kappa shape index (κ3) is 7.23. The summed E-state index contributed by atoms with van der Waals surface area (Å²) in [5.41, 5.74) is 28.6. The van der Waals surface area contributed by atoms with E-state index in [1.165, 1.54) is 142 Å². The Hall–Kier alpha value is -6.78. The Morgan fingerprint density at radius 1 is 0.506 bits per heavy atom. The molecule has 79 heavy (non-hydrogen) atoms. The lowest BCUT2D eigenvalue weighted by molar-refractivity contribution is 0.199. The molecule has 2 aliphatic carbocycles. The highest BCUT2D eigenvalue weighted by Crippen LogP contribution is 2.64. The molecule has 3 aliphatic heterocycles. The zero-order valence-corrected chi connectivity index (χ0v) is 49.6. The van der Waals surface area contributed by atoms with E-state index in [1.807, 2.05) is 0 Å². The molecule has 4 heterocycles. The van der Waals surface area contributed by atoms with Crippen molar-refractivity contribution in [3.63, 3.8) is 0 Å². The summed E-state index contributed by atoms with van der Waals surface area (Å²) in [4.78, 5) is 5.74. The maximum absolute atomic E-state index is 7.35. The molecule has 0 bridgehead atoms. The Labute approximate surface area is 471 Å². The minimum absolute atomic E-state index is 0.0175. The van der Waals surface area contributed by atoms with Crippen LogP contribution in [0.15, 0.2) is 150 Å². The van der Waals surface area contributed by atoms with Crippen LogP contribution in [-0.4, -0.2) is 12.4 Å². The lowest BCUT2D eigenvalue weighted by atomic mass is 9.42. The highest BCUT2D eigenvalue weighted by atomic mass is 16.3. The minimum atomic E-state index is -0.149. The highest BCUT2D eigenvalue weighted by Gasteiger charge is 2.63. The van der Waals surface area contributed by atoms with E-state index in [1.54, 1.807) is 0 Å². The fourth-order valence-corrected chi connectivity index (χ4v) is 15.9. The third-order valence-corrected chi connectivity index (χ3v) is 21.0. The van der Waals surface area contributed by atoms with E-state index in [0.717, 1.165) is 30.4 Å². The quantitative estimate of drug-likeness (QED) is 0.127. The maximum atomic E-state index is 7.35. The molecule has 398 valence electrons. The van der Waals surface area contributed by atoms with Gasteiger partial charge in [0.1, 0.15) is 11.2 Å². The van der Waals surface area contributed by atoms with Gasteiger partial charge in [0.05, 0.1) is 5.69 Å². The van der Waals surface area contributed by atoms with Gasteiger partial charge in [0.25, 0.3) is 0 Å². The lowest BCUT2D eigenvalue weighted by Gasteiger charge is -2.55. The predicted molar refractivity (Wildman–Crippen MR) is 337 cm³/mol. The minimum Gasteiger partial charge on any atom is -0.456 e. The average Bonchev–Trinajstić information content (AvgIpc) is 3.22. The fourth-order valence-electron chi connectivity index (χ4n) is 15.9. The van der Waals surface area contributed by atoms with E-state index in [2.05, 4.69) is 252 Å². The number of rotatable bonds is 5. The van der Waals surface area contributed by atoms with Crippen molar-refractivity contribution in [3.8, 4) is 22.3 Å². The Morgan fingerprint density at radius 3 is 1.76 bits per heavy atom. The van der Waals surface area contributed by atoms with Crippen molar-refractivity contribution in [1.29, 1.82) is 0 Å². The summed E-state index contributed by atoms with van der Waals surface area (Å²) in [6.07, 6.45) is 7.09. The lowest BCUT2D eigenvalue weighted by Crippen LogP contribution is -2.70. The Bertz CT molecular complexity index is 3980. The second-order valence-electron chi connectivity index (χ2n) is 28.8. The number of nitrogens with zero attached hydrogens (tertiary/aromatic N) is 2. The molecular weight excluding hydrogens is 956 g/mol. The first-order valence-corrected chi connectivity index (χ1v) is 29.8. The first-order valence-electron chi connectivity index (χ1n) is 29.8. The molecule has 0 radical (unpaired) electrons. The molecule has 2 unspecified atom stereocenters. The SMILES string of the molecule is Cc1ccccc1C(c1cc2c3c(c1)N(c1ccc(C(C)(C)C)cc1-c1ccccc1)c1cc4c(cc1B3N1c3c-2cc(C(C)(C)C)cc3C2(C)CCCCC12C)oc1cc2c(cc14)C(C)(C)CCC2(C)C)c1ccccc1C. The summed E-state index contributed by atoms with van der Waals surface area (Å²) in [5.74, 6) is -0.0175. The monoisotopic (exact) mass is 1030 g/mol. The van der Waals surface area contributed by atoms with Crippen LogP contribution in [0.25, 0.3) is 44.2 Å². The van der Waals surface area contributed by atoms with E-state index >= 15 is 0 Å². The van der Waals surface area contributed by atoms with Crippen LogP contribution in [0.1, 0.15) is 183 Å². The van der Waals surface area contributed by atoms with Crippen LogP contribution < -0.4 is 20.6 Å². The second kappa shape index (κ2) is 16.9. The number of hydrogen-bond donors (Lipinski definition) is 0. The molecule has 14 rings (SSSR count). The smallest absolute Gasteiger partial charge is 0.329 e. The van der Waals surface area contributed by atoms with Gasteiger partial charge >= 0.3 is 6.85 Å². The molecule has 0 spiro atoms. The molecule has 1 fully saturated rings. The zero-order valence-electron chi connectivity index (χ0n) is 49.6. The van der Waals surface area contributed by atoms with Gasteiger partial charge in [-0.1, -0.05) is 186 Å². The topological polar surface area (TPSA) is 19.6 Å². The van der Waals surface area contributed by atoms with Crippen LogP contribution in [0.2, 0.25) is 0 Å². The molecule has 9 aromatic rings. The highest BCUT2D eigenvalue weighted by molar-refractivity contribution is 6.93. The van der Waals surface area contributed by atoms with Crippen molar-refractivity contribution in [2.24, 2.45) is 0 Å². The zero-order chi connectivity index (χ0) is 55.1. The normalized spacial score (nSPS) is 20.6. The van der Waals surface area contributed by atoms with Crippen molar-refractivity contribution in [2.45, 2.75) is 174 Å². The summed E-state index contributed by atoms with van der Waals surface area (Å²) in [6.45, 7) is 33.9. The first kappa shape index (κ1) is 50.4. The third-order valence-electron chi connectivity index (χ3n) is 21.0. The van der Waals surface area contributed by atoms with Crippen LogP contribution in [0.4, 0.5) is 22.7 Å². The van der Waals surface area contributed by atoms with Crippen molar-refractivity contribution in [3.05, 3.63) is 201 Å². The fraction of sp³-hybridized carbons (Fsp3) is 0.360. The molecular formula is C75H79BN2O. The van der Waals surface area contributed by atoms with Crippen molar-refractivity contribution in [2.75, 3.05) is 9.71 Å². The van der Waals surface area contributed by atoms with Gasteiger partial charge in [-0.3, -0.25) is 0 Å². The van der Waals surface area contributed by atoms with Crippen LogP contribution in [-0.2, 0) is 27.1 Å². The molecule has 1 saturated carbocycles. The standard InChI is InChI=1S/C75H79BN2O/c1-45-24-18-20-28-51(45)67(52-29-21-19-25-46(52)2)48-36-56-57-39-50(71(6,7)8)40-60-69(57)78(75(14)33-23-22-32-74(60,75)13)76-61-44-66-55(54-41-58-59(43-65(54)79-66)73(11,12)35-34-72(58,9)10)42-63(61)77(64(37-48)68(56)76)62-31-30-49(70(3,4)5)38-53(62)47-26-16-15-17-27-47/h15-21,24-31,36-44,67H,22-23,32-35H2,1-14H3. The van der Waals surface area contributed by atoms with E-state index < -0.39 is 0 Å². The van der Waals surface area contributed by atoms with Crippen LogP contribution >= 0.6 is 0 Å². The van der Waals surface area contributed by atoms with Crippen LogP contribution in [0.3, 0.4) is 0 Å². The Balaban J connectivity index is 1.17. The van der Waals surface area contributed by atoms with Gasteiger partial charge in [-0.2, -0.15) is 0 Å². The van der Waals surface area contributed by atoms with Gasteiger partial charge in [-0.15, -0.1) is 0 Å². The average molecular weight is 1040 g/mol. The molecule has 4 heteroatoms. The molecule has 0 N–H and O–H groups in total. The summed E-state index contributed by atoms with van der Waals surface area (Å²) < 4.78 is 7.35. The Kier molecular flexibility index (Phi) is 10.8. The van der Waals surface area contributed by atoms with Gasteiger partial charge in [-0.25, -0.2) is 0 Å². The predicted octanol–water partition coefficient (Wildman–Crippen LogP) is 19.0. The number of anilines is 4. The number of furan rings is 1. The van der Waals surface area contributed by atoms with Crippen LogP contribution in [0.5, 0.6) is 0 Å². The van der Waals surface area contributed by atoms with Gasteiger partial charge in [-0.05, 0) is 194 Å². The van der Waals surface area contributed by atoms with E-state index in [4.69, 9.17) is 4.42 Å². The maximum Gasteiger partial charge on any atom is 0.329 e. The van der Waals surface area contributed by atoms with E-state index in [-0.39, 0.29) is 45.4 Å². The van der Waals surface area contributed by atoms with E-state index in [0.29, 0.717) is 0 Å². The van der Waals surface area contributed by atoms with Crippen LogP contribution in [0, 0.1) is 13.8 Å². The molecule has 3 nitrogen and oxygen atoms in total. The number of hydrogen-bond acceptors (Lipinski definition) is 3. The second-order valence-corrected chi connectivity index (χ2v) is 28.8. The first-order chi connectivity index (χ1) is 37.5. The number of aryl methyl sites for hydroxylation is 2. The van der Waals surface area contributed by atoms with Crippen molar-refractivity contribution in [1.82, 2.24) is 0 Å². The van der Waals surface area contributed by atoms with Gasteiger partial charge in [0.2, 0.25) is 0 Å². The molecule has 1 aromatic heterocycles. The van der Waals surface area contributed by atoms with Gasteiger partial charge in [0, 0.05) is 55.8 Å². The van der Waals surface area contributed by atoms with Gasteiger partial charge in [0.15, 0.2) is 0 Å². The molecule has 0 amide bonds. The number of fused-ring (bicyclic) bond motifs is 11. The molecule has 0 saturated heterocycles. The molecule has 8 aromatic carbocycles. The summed E-state index contributed by atoms with van der Waals surface area (Å²) in [7, 11) is 0. The van der Waals surface area contributed by atoms with Gasteiger partial charge < -0.3 is 14.1 Å². The van der Waals surface area contributed by atoms with Crippen molar-refractivity contribution < 1.29 is 4.42 Å². The van der Waals surface area contributed by atoms with Crippen molar-refractivity contribution >= 4 is 62.5 Å². The summed E-state index contributed by atoms with van der Waals surface area (Å²) >= 11 is 0. The Morgan fingerprint density at radius 2 is 1.10 bits per heavy atom. The largest absolute Gasteiger partial charge is 0.456 e. The summed E-state index contributed by atoms with van der Waals surface area (Å²) in [5, 5.41) is 2.40. The number of benzene rings is 8. The summed E-state index contributed by atoms with van der Waals surface area (Å²) in [6, 6.07) is 57.6. The molecule has 2 atom stereocenters.